The van der Waals surface area contributed by atoms with Crippen molar-refractivity contribution in [1.82, 2.24) is 0 Å². The van der Waals surface area contributed by atoms with Crippen molar-refractivity contribution in [2.45, 2.75) is 82.8 Å². The zero-order valence-corrected chi connectivity index (χ0v) is 18.0. The van der Waals surface area contributed by atoms with Crippen molar-refractivity contribution in [3.63, 3.8) is 0 Å². The highest BCUT2D eigenvalue weighted by molar-refractivity contribution is 5.85. The molecule has 0 saturated heterocycles. The van der Waals surface area contributed by atoms with Crippen LogP contribution in [0.5, 0.6) is 0 Å². The molecule has 0 radical (unpaired) electrons. The maximum Gasteiger partial charge on any atom is 0.331 e. The Labute approximate surface area is 174 Å². The normalized spacial score (nSPS) is 54.1. The minimum Gasteiger partial charge on any atom is -0.458 e. The Kier molecular flexibility index (Phi) is 4.23. The summed E-state index contributed by atoms with van der Waals surface area (Å²) in [5.41, 5.74) is -0.253. The van der Waals surface area contributed by atoms with Crippen molar-refractivity contribution >= 4 is 5.97 Å². The van der Waals surface area contributed by atoms with Gasteiger partial charge in [0.2, 0.25) is 0 Å². The van der Waals surface area contributed by atoms with E-state index in [1.165, 1.54) is 0 Å². The number of rotatable bonds is 2. The van der Waals surface area contributed by atoms with Gasteiger partial charge in [-0.25, -0.2) is 4.79 Å². The lowest BCUT2D eigenvalue weighted by molar-refractivity contribution is -0.211. The first-order valence-corrected chi connectivity index (χ1v) is 11.6. The van der Waals surface area contributed by atoms with Gasteiger partial charge in [-0.05, 0) is 92.4 Å². The van der Waals surface area contributed by atoms with E-state index in [0.717, 1.165) is 63.4 Å². The van der Waals surface area contributed by atoms with Crippen LogP contribution in [0.25, 0.3) is 0 Å². The average Bonchev–Trinajstić information content (AvgIpc) is 3.23. The van der Waals surface area contributed by atoms with Gasteiger partial charge < -0.3 is 14.9 Å². The standard InChI is InChI=1S/C25H36O4/c1-4-24(27)12-11-22(2)17(14-24)5-6-20-19(22)7-9-23(3)18(8-10-25(20,23)28)16-13-21(26)29-15-16/h4,13,17-20,27-28H,1,5-12,14-15H2,2-3H3/t17-,18-,19+,20-,22+,23-,24-,25+/m1/s1. The highest BCUT2D eigenvalue weighted by Gasteiger charge is 2.68. The molecule has 8 atom stereocenters. The lowest BCUT2D eigenvalue weighted by atomic mass is 9.42. The second kappa shape index (κ2) is 6.20. The van der Waals surface area contributed by atoms with Crippen LogP contribution in [-0.2, 0) is 9.53 Å². The predicted octanol–water partition coefficient (Wildman–Crippen LogP) is 4.16. The summed E-state index contributed by atoms with van der Waals surface area (Å²) >= 11 is 0. The molecule has 1 heterocycles. The van der Waals surface area contributed by atoms with E-state index in [4.69, 9.17) is 4.74 Å². The van der Waals surface area contributed by atoms with Crippen LogP contribution in [0.1, 0.15) is 71.6 Å². The van der Waals surface area contributed by atoms with Crippen molar-refractivity contribution in [3.8, 4) is 0 Å². The lowest BCUT2D eigenvalue weighted by Crippen LogP contribution is -2.63. The molecule has 4 saturated carbocycles. The maximum atomic E-state index is 12.2. The van der Waals surface area contributed by atoms with E-state index in [1.807, 2.05) is 0 Å². The largest absolute Gasteiger partial charge is 0.458 e. The summed E-state index contributed by atoms with van der Waals surface area (Å²) in [6.45, 7) is 9.00. The van der Waals surface area contributed by atoms with Crippen molar-refractivity contribution in [2.24, 2.45) is 34.5 Å². The molecule has 5 rings (SSSR count). The summed E-state index contributed by atoms with van der Waals surface area (Å²) in [4.78, 5) is 11.7. The molecule has 0 amide bonds. The van der Waals surface area contributed by atoms with E-state index < -0.39 is 11.2 Å². The summed E-state index contributed by atoms with van der Waals surface area (Å²) in [5.74, 6) is 1.37. The molecular formula is C25H36O4. The fourth-order valence-corrected chi connectivity index (χ4v) is 8.61. The summed E-state index contributed by atoms with van der Waals surface area (Å²) in [6.07, 6.45) is 12.1. The molecule has 4 aliphatic carbocycles. The minimum absolute atomic E-state index is 0.173. The SMILES string of the molecule is C=C[C@@]1(O)CC[C@@]2(C)[C@H](CC[C@@H]3[C@@H]2CC[C@]2(C)[C@@H](C4=CC(=O)OC4)CC[C@]32O)C1. The predicted molar refractivity (Wildman–Crippen MR) is 111 cm³/mol. The van der Waals surface area contributed by atoms with Crippen molar-refractivity contribution in [2.75, 3.05) is 6.61 Å². The molecule has 0 unspecified atom stereocenters. The van der Waals surface area contributed by atoms with Gasteiger partial charge in [0, 0.05) is 11.5 Å². The zero-order chi connectivity index (χ0) is 20.7. The van der Waals surface area contributed by atoms with Gasteiger partial charge in [0.05, 0.1) is 11.2 Å². The number of hydrogen-bond acceptors (Lipinski definition) is 4. The van der Waals surface area contributed by atoms with Crippen LogP contribution in [0, 0.1) is 34.5 Å². The molecule has 0 aromatic rings. The van der Waals surface area contributed by atoms with Gasteiger partial charge in [-0.15, -0.1) is 6.58 Å². The molecule has 0 aromatic carbocycles. The van der Waals surface area contributed by atoms with E-state index in [1.54, 1.807) is 12.2 Å². The molecule has 160 valence electrons. The first-order valence-electron chi connectivity index (χ1n) is 11.6. The van der Waals surface area contributed by atoms with Crippen molar-refractivity contribution in [3.05, 3.63) is 24.3 Å². The zero-order valence-electron chi connectivity index (χ0n) is 18.0. The van der Waals surface area contributed by atoms with Crippen LogP contribution in [0.4, 0.5) is 0 Å². The molecule has 0 aromatic heterocycles. The third-order valence-electron chi connectivity index (χ3n) is 10.5. The maximum absolute atomic E-state index is 12.2. The van der Waals surface area contributed by atoms with E-state index in [-0.39, 0.29) is 22.7 Å². The summed E-state index contributed by atoms with van der Waals surface area (Å²) in [7, 11) is 0. The topological polar surface area (TPSA) is 66.8 Å². The molecule has 5 aliphatic rings. The molecule has 0 spiro atoms. The van der Waals surface area contributed by atoms with Crippen LogP contribution in [-0.4, -0.2) is 34.0 Å². The quantitative estimate of drug-likeness (QED) is 0.539. The lowest BCUT2D eigenvalue weighted by Gasteiger charge is -2.64. The Balaban J connectivity index is 1.45. The van der Waals surface area contributed by atoms with Gasteiger partial charge in [0.25, 0.3) is 0 Å². The second-order valence-corrected chi connectivity index (χ2v) is 11.3. The first kappa shape index (κ1) is 19.8. The van der Waals surface area contributed by atoms with Crippen molar-refractivity contribution in [1.29, 1.82) is 0 Å². The molecule has 4 fully saturated rings. The Hall–Kier alpha value is -1.13. The number of carbonyl (C=O) groups is 1. The molecule has 2 N–H and O–H groups in total. The first-order chi connectivity index (χ1) is 13.7. The number of hydrogen-bond donors (Lipinski definition) is 2. The second-order valence-electron chi connectivity index (χ2n) is 11.3. The number of esters is 1. The van der Waals surface area contributed by atoms with Gasteiger partial charge in [-0.3, -0.25) is 0 Å². The molecule has 4 heteroatoms. The fraction of sp³-hybridized carbons (Fsp3) is 0.800. The van der Waals surface area contributed by atoms with Crippen LogP contribution in [0.2, 0.25) is 0 Å². The minimum atomic E-state index is -0.711. The van der Waals surface area contributed by atoms with Crippen LogP contribution in [0.15, 0.2) is 24.3 Å². The molecular weight excluding hydrogens is 364 g/mol. The molecule has 0 bridgehead atoms. The highest BCUT2D eigenvalue weighted by atomic mass is 16.5. The number of ether oxygens (including phenoxy) is 1. The monoisotopic (exact) mass is 400 g/mol. The van der Waals surface area contributed by atoms with Gasteiger partial charge in [-0.1, -0.05) is 19.9 Å². The van der Waals surface area contributed by atoms with Crippen molar-refractivity contribution < 1.29 is 19.7 Å². The van der Waals surface area contributed by atoms with Gasteiger partial charge in [-0.2, -0.15) is 0 Å². The average molecular weight is 401 g/mol. The third kappa shape index (κ3) is 2.54. The Morgan fingerprint density at radius 2 is 1.86 bits per heavy atom. The Morgan fingerprint density at radius 3 is 2.55 bits per heavy atom. The van der Waals surface area contributed by atoms with Crippen LogP contribution >= 0.6 is 0 Å². The summed E-state index contributed by atoms with van der Waals surface area (Å²) < 4.78 is 5.21. The molecule has 1 aliphatic heterocycles. The highest BCUT2D eigenvalue weighted by Crippen LogP contribution is 2.70. The smallest absolute Gasteiger partial charge is 0.331 e. The van der Waals surface area contributed by atoms with Gasteiger partial charge >= 0.3 is 5.97 Å². The van der Waals surface area contributed by atoms with Crippen LogP contribution < -0.4 is 0 Å². The van der Waals surface area contributed by atoms with E-state index in [0.29, 0.717) is 24.4 Å². The molecule has 4 nitrogen and oxygen atoms in total. The number of aliphatic hydroxyl groups is 2. The summed E-state index contributed by atoms with van der Waals surface area (Å²) in [5, 5.41) is 23.0. The number of fused-ring (bicyclic) bond motifs is 5. The van der Waals surface area contributed by atoms with E-state index in [2.05, 4.69) is 20.4 Å². The Morgan fingerprint density at radius 1 is 1.07 bits per heavy atom. The number of cyclic esters (lactones) is 1. The van der Waals surface area contributed by atoms with Gasteiger partial charge in [0.1, 0.15) is 6.61 Å². The van der Waals surface area contributed by atoms with E-state index >= 15 is 0 Å². The van der Waals surface area contributed by atoms with Crippen LogP contribution in [0.3, 0.4) is 0 Å². The third-order valence-corrected chi connectivity index (χ3v) is 10.5. The fourth-order valence-electron chi connectivity index (χ4n) is 8.61. The van der Waals surface area contributed by atoms with Gasteiger partial charge in [0.15, 0.2) is 0 Å². The van der Waals surface area contributed by atoms with E-state index in [9.17, 15) is 15.0 Å². The Bertz CT molecular complexity index is 773. The summed E-state index contributed by atoms with van der Waals surface area (Å²) in [6, 6.07) is 0. The number of carbonyl (C=O) groups excluding carboxylic acids is 1. The molecule has 29 heavy (non-hydrogen) atoms.